The summed E-state index contributed by atoms with van der Waals surface area (Å²) in [5.41, 5.74) is 0. The van der Waals surface area contributed by atoms with Crippen LogP contribution in [-0.4, -0.2) is 37.1 Å². The van der Waals surface area contributed by atoms with Crippen molar-refractivity contribution < 1.29 is 1.41 Å². The predicted octanol–water partition coefficient (Wildman–Crippen LogP) is 0.0524. The molecule has 52 valence electrons. The number of fused-ring (bicyclic) bond motifs is 2. The van der Waals surface area contributed by atoms with Gasteiger partial charge in [-0.1, -0.05) is 0 Å². The third kappa shape index (κ3) is 0.970. The Bertz CT molecular complexity index is 126. The van der Waals surface area contributed by atoms with E-state index in [1.165, 1.54) is 12.8 Å². The Hall–Kier alpha value is -0.0800. The minimum Gasteiger partial charge on any atom is -0.309 e. The lowest BCUT2D eigenvalue weighted by molar-refractivity contribution is 0.235. The zero-order valence-electron chi connectivity index (χ0n) is 6.88. The molecule has 0 aromatic carbocycles. The van der Waals surface area contributed by atoms with Gasteiger partial charge in [0.05, 0.1) is 0 Å². The van der Waals surface area contributed by atoms with Gasteiger partial charge in [0.25, 0.3) is 0 Å². The normalized spacial score (nSPS) is 47.4. The highest BCUT2D eigenvalue weighted by Crippen LogP contribution is 2.18. The molecule has 9 heavy (non-hydrogen) atoms. The van der Waals surface area contributed by atoms with E-state index < -0.39 is 0 Å². The van der Waals surface area contributed by atoms with Gasteiger partial charge in [-0.3, -0.25) is 0 Å². The fourth-order valence-corrected chi connectivity index (χ4v) is 1.90. The average Bonchev–Trinajstić information content (AvgIpc) is 2.20. The van der Waals surface area contributed by atoms with E-state index >= 15 is 0 Å². The molecule has 0 aliphatic carbocycles. The Morgan fingerprint density at radius 3 is 2.56 bits per heavy atom. The smallest absolute Gasteiger partial charge is 0.123 e. The molecule has 0 aromatic rings. The summed E-state index contributed by atoms with van der Waals surface area (Å²) in [7, 11) is 2.15. The topological polar surface area (TPSA) is 15.3 Å². The van der Waals surface area contributed by atoms with Crippen molar-refractivity contribution in [3.05, 3.63) is 0 Å². The van der Waals surface area contributed by atoms with E-state index in [9.17, 15) is 0 Å². The van der Waals surface area contributed by atoms with Crippen molar-refractivity contribution in [1.29, 1.82) is 0 Å². The van der Waals surface area contributed by atoms with Crippen LogP contribution in [-0.2, 0) is 0 Å². The minimum absolute atomic E-state index is 0.531. The molecule has 2 heterocycles. The Morgan fingerprint density at radius 2 is 2.00 bits per heavy atom. The monoisotopic (exact) mass is 127 g/mol. The number of nitrogens with zero attached hydrogens (tertiary/aromatic N) is 1. The SMILES string of the molecule is [2H]N1C2CCC1CN(C)C2. The molecule has 2 fully saturated rings. The van der Waals surface area contributed by atoms with Gasteiger partial charge in [0, 0.05) is 25.2 Å². The fraction of sp³-hybridized carbons (Fsp3) is 1.00. The van der Waals surface area contributed by atoms with E-state index in [1.54, 1.807) is 5.31 Å². The lowest BCUT2D eigenvalue weighted by Crippen LogP contribution is -2.49. The van der Waals surface area contributed by atoms with E-state index in [2.05, 4.69) is 11.9 Å². The maximum atomic E-state index is 7.64. The number of hydrogen-bond acceptors (Lipinski definition) is 2. The van der Waals surface area contributed by atoms with Gasteiger partial charge in [0.15, 0.2) is 0 Å². The predicted molar refractivity (Wildman–Crippen MR) is 37.4 cm³/mol. The summed E-state index contributed by atoms with van der Waals surface area (Å²) in [6, 6.07) is 1.06. The standard InChI is InChI=1S/C7H14N2/c1-9-4-6-2-3-7(5-9)8-6/h6-8H,2-5H2,1H3/i/hD. The van der Waals surface area contributed by atoms with Crippen molar-refractivity contribution in [1.82, 2.24) is 10.2 Å². The maximum Gasteiger partial charge on any atom is 0.123 e. The molecule has 2 aliphatic rings. The second-order valence-corrected chi connectivity index (χ2v) is 3.26. The number of nitrogens with one attached hydrogen (secondary N) is 1. The Morgan fingerprint density at radius 1 is 1.44 bits per heavy atom. The molecule has 2 bridgehead atoms. The van der Waals surface area contributed by atoms with Crippen LogP contribution in [0.5, 0.6) is 0 Å². The van der Waals surface area contributed by atoms with Gasteiger partial charge < -0.3 is 10.2 Å². The molecule has 2 saturated heterocycles. The third-order valence-corrected chi connectivity index (χ3v) is 2.30. The summed E-state index contributed by atoms with van der Waals surface area (Å²) >= 11 is 0. The molecule has 2 unspecified atom stereocenters. The van der Waals surface area contributed by atoms with E-state index in [0.717, 1.165) is 13.1 Å². The zero-order chi connectivity index (χ0) is 7.14. The van der Waals surface area contributed by atoms with Gasteiger partial charge in [-0.25, -0.2) is 0 Å². The Labute approximate surface area is 57.7 Å². The van der Waals surface area contributed by atoms with Crippen molar-refractivity contribution in [2.24, 2.45) is 0 Å². The van der Waals surface area contributed by atoms with Gasteiger partial charge in [0.2, 0.25) is 0 Å². The van der Waals surface area contributed by atoms with Gasteiger partial charge in [-0.05, 0) is 19.9 Å². The fourth-order valence-electron chi connectivity index (χ4n) is 1.90. The lowest BCUT2D eigenvalue weighted by Gasteiger charge is -2.29. The molecule has 0 saturated carbocycles. The van der Waals surface area contributed by atoms with Crippen molar-refractivity contribution in [3.63, 3.8) is 0 Å². The van der Waals surface area contributed by atoms with E-state index in [1.807, 2.05) is 0 Å². The summed E-state index contributed by atoms with van der Waals surface area (Å²) in [6.45, 7) is 2.19. The van der Waals surface area contributed by atoms with E-state index in [0.29, 0.717) is 12.1 Å². The molecule has 0 spiro atoms. The van der Waals surface area contributed by atoms with Crippen LogP contribution in [0.2, 0.25) is 1.41 Å². The van der Waals surface area contributed by atoms with Gasteiger partial charge in [-0.15, -0.1) is 0 Å². The van der Waals surface area contributed by atoms with E-state index in [4.69, 9.17) is 1.41 Å². The molecule has 2 atom stereocenters. The van der Waals surface area contributed by atoms with Crippen LogP contribution in [0.15, 0.2) is 0 Å². The summed E-state index contributed by atoms with van der Waals surface area (Å²) in [4.78, 5) is 2.34. The first-order valence-corrected chi connectivity index (χ1v) is 3.73. The van der Waals surface area contributed by atoms with Crippen LogP contribution in [0.25, 0.3) is 0 Å². The van der Waals surface area contributed by atoms with Crippen molar-refractivity contribution in [2.45, 2.75) is 24.9 Å². The number of likely N-dealkylation sites (N-methyl/N-ethyl adjacent to an activating group) is 1. The quantitative estimate of drug-likeness (QED) is 0.495. The first kappa shape index (κ1) is 4.69. The summed E-state index contributed by atoms with van der Waals surface area (Å²) in [5, 5.41) is 1.81. The van der Waals surface area contributed by atoms with Crippen molar-refractivity contribution in [2.75, 3.05) is 20.1 Å². The molecular weight excluding hydrogens is 112 g/mol. The van der Waals surface area contributed by atoms with Gasteiger partial charge >= 0.3 is 0 Å². The highest BCUT2D eigenvalue weighted by molar-refractivity contribution is 4.91. The first-order valence-electron chi connectivity index (χ1n) is 4.18. The molecule has 2 aliphatic heterocycles. The van der Waals surface area contributed by atoms with E-state index in [-0.39, 0.29) is 0 Å². The van der Waals surface area contributed by atoms with Crippen LogP contribution >= 0.6 is 0 Å². The molecule has 2 nitrogen and oxygen atoms in total. The van der Waals surface area contributed by atoms with Crippen molar-refractivity contribution >= 4 is 0 Å². The highest BCUT2D eigenvalue weighted by Gasteiger charge is 2.29. The maximum absolute atomic E-state index is 7.64. The largest absolute Gasteiger partial charge is 0.309 e. The molecule has 1 N–H and O–H groups in total. The molecule has 0 aromatic heterocycles. The van der Waals surface area contributed by atoms with Crippen molar-refractivity contribution in [3.8, 4) is 0 Å². The van der Waals surface area contributed by atoms with Crippen LogP contribution in [0, 0.1) is 0 Å². The summed E-state index contributed by atoms with van der Waals surface area (Å²) in [5.74, 6) is 0. The zero-order valence-corrected chi connectivity index (χ0v) is 5.88. The Kier molecular flexibility index (Phi) is 1.02. The van der Waals surface area contributed by atoms with Crippen LogP contribution < -0.4 is 5.31 Å². The van der Waals surface area contributed by atoms with Gasteiger partial charge in [-0.2, -0.15) is 0 Å². The summed E-state index contributed by atoms with van der Waals surface area (Å²) < 4.78 is 7.64. The average molecular weight is 127 g/mol. The second-order valence-electron chi connectivity index (χ2n) is 3.26. The highest BCUT2D eigenvalue weighted by atomic mass is 15.2. The molecule has 0 amide bonds. The molecule has 2 heteroatoms. The summed E-state index contributed by atoms with van der Waals surface area (Å²) in [6.07, 6.45) is 2.47. The lowest BCUT2D eigenvalue weighted by atomic mass is 10.2. The number of piperazine rings is 1. The van der Waals surface area contributed by atoms with Crippen LogP contribution in [0.4, 0.5) is 0 Å². The number of hydrogen-bond donors (Lipinski definition) is 1. The van der Waals surface area contributed by atoms with Gasteiger partial charge in [0.1, 0.15) is 1.41 Å². The second kappa shape index (κ2) is 1.96. The first-order chi connectivity index (χ1) is 4.77. The third-order valence-electron chi connectivity index (χ3n) is 2.30. The molecule has 2 rings (SSSR count). The number of likely N-dealkylation sites (tertiary alicyclic amines) is 1. The minimum atomic E-state index is 0.531. The van der Waals surface area contributed by atoms with Crippen LogP contribution in [0.1, 0.15) is 12.8 Å². The molecular formula is C7H14N2. The molecule has 0 radical (unpaired) electrons. The Balaban J connectivity index is 2.09. The van der Waals surface area contributed by atoms with Crippen LogP contribution in [0.3, 0.4) is 0 Å². The number of rotatable bonds is 0.